The van der Waals surface area contributed by atoms with Crippen LogP contribution in [-0.4, -0.2) is 21.8 Å². The minimum Gasteiger partial charge on any atom is -0.280 e. The number of nitro benzene ring substituents is 1. The van der Waals surface area contributed by atoms with Gasteiger partial charge in [-0.1, -0.05) is 24.3 Å². The fraction of sp³-hybridized carbons (Fsp3) is 0.143. The molecule has 168 valence electrons. The molecule has 3 aromatic rings. The summed E-state index contributed by atoms with van der Waals surface area (Å²) >= 11 is 0. The van der Waals surface area contributed by atoms with Gasteiger partial charge in [-0.25, -0.2) is 16.8 Å². The molecule has 3 rings (SSSR count). The smallest absolute Gasteiger partial charge is 0.270 e. The molecule has 2 N–H and O–H groups in total. The molecule has 0 heterocycles. The highest BCUT2D eigenvalue weighted by Crippen LogP contribution is 2.27. The zero-order valence-corrected chi connectivity index (χ0v) is 19.1. The minimum absolute atomic E-state index is 0.00567. The molecule has 0 amide bonds. The molecule has 0 bridgehead atoms. The van der Waals surface area contributed by atoms with Crippen molar-refractivity contribution in [1.82, 2.24) is 0 Å². The second-order valence-electron chi connectivity index (χ2n) is 7.27. The number of rotatable bonds is 7. The van der Waals surface area contributed by atoms with Gasteiger partial charge in [0.2, 0.25) is 0 Å². The lowest BCUT2D eigenvalue weighted by Gasteiger charge is -2.14. The standard InChI is InChI=1S/C21H21N3O6S2/c1-14-5-4-6-17(11-14)22-31(27,28)20-12-18(9-7-15(20)2)23-32(29,30)21-13-19(24(25)26)10-8-16(21)3/h4-13,22-23H,1-3H3. The molecule has 32 heavy (non-hydrogen) atoms. The molecule has 0 spiro atoms. The van der Waals surface area contributed by atoms with E-state index in [1.807, 2.05) is 13.0 Å². The molecule has 3 aromatic carbocycles. The van der Waals surface area contributed by atoms with Gasteiger partial charge in [-0.3, -0.25) is 19.6 Å². The van der Waals surface area contributed by atoms with Gasteiger partial charge in [0, 0.05) is 17.8 Å². The van der Waals surface area contributed by atoms with Crippen LogP contribution in [0.25, 0.3) is 0 Å². The maximum atomic E-state index is 12.9. The first-order valence-electron chi connectivity index (χ1n) is 9.37. The van der Waals surface area contributed by atoms with Gasteiger partial charge in [-0.05, 0) is 61.7 Å². The fourth-order valence-corrected chi connectivity index (χ4v) is 5.71. The van der Waals surface area contributed by atoms with E-state index in [-0.39, 0.29) is 21.2 Å². The van der Waals surface area contributed by atoms with Crippen molar-refractivity contribution in [3.8, 4) is 0 Å². The summed E-state index contributed by atoms with van der Waals surface area (Å²) in [6, 6.07) is 14.4. The molecule has 0 aliphatic carbocycles. The van der Waals surface area contributed by atoms with Crippen molar-refractivity contribution in [3.05, 3.63) is 87.5 Å². The van der Waals surface area contributed by atoms with E-state index in [0.29, 0.717) is 16.8 Å². The van der Waals surface area contributed by atoms with E-state index in [4.69, 9.17) is 0 Å². The zero-order valence-electron chi connectivity index (χ0n) is 17.5. The second-order valence-corrected chi connectivity index (χ2v) is 10.6. The summed E-state index contributed by atoms with van der Waals surface area (Å²) in [7, 11) is -8.21. The quantitative estimate of drug-likeness (QED) is 0.390. The van der Waals surface area contributed by atoms with Gasteiger partial charge in [0.15, 0.2) is 0 Å². The lowest BCUT2D eigenvalue weighted by Crippen LogP contribution is -2.17. The van der Waals surface area contributed by atoms with Crippen LogP contribution in [0, 0.1) is 30.9 Å². The van der Waals surface area contributed by atoms with Gasteiger partial charge >= 0.3 is 0 Å². The predicted octanol–water partition coefficient (Wildman–Crippen LogP) is 4.12. The highest BCUT2D eigenvalue weighted by atomic mass is 32.2. The highest BCUT2D eigenvalue weighted by Gasteiger charge is 2.23. The number of nitrogens with zero attached hydrogens (tertiary/aromatic N) is 1. The number of benzene rings is 3. The van der Waals surface area contributed by atoms with Gasteiger partial charge in [-0.2, -0.15) is 0 Å². The zero-order chi connectivity index (χ0) is 23.7. The Morgan fingerprint density at radius 3 is 1.81 bits per heavy atom. The van der Waals surface area contributed by atoms with Crippen molar-refractivity contribution < 1.29 is 21.8 Å². The molecular formula is C21H21N3O6S2. The highest BCUT2D eigenvalue weighted by molar-refractivity contribution is 7.93. The second kappa shape index (κ2) is 8.60. The summed E-state index contributed by atoms with van der Waals surface area (Å²) in [6.07, 6.45) is 0. The first-order valence-corrected chi connectivity index (χ1v) is 12.3. The first-order chi connectivity index (χ1) is 14.9. The predicted molar refractivity (Wildman–Crippen MR) is 122 cm³/mol. The molecule has 0 aliphatic heterocycles. The summed E-state index contributed by atoms with van der Waals surface area (Å²) in [5.41, 5.74) is 1.61. The Bertz CT molecular complexity index is 1420. The number of nitrogens with one attached hydrogen (secondary N) is 2. The Morgan fingerprint density at radius 1 is 0.719 bits per heavy atom. The molecule has 0 radical (unpaired) electrons. The van der Waals surface area contributed by atoms with Crippen LogP contribution in [0.2, 0.25) is 0 Å². The van der Waals surface area contributed by atoms with E-state index in [2.05, 4.69) is 9.44 Å². The van der Waals surface area contributed by atoms with Crippen molar-refractivity contribution in [2.24, 2.45) is 0 Å². The summed E-state index contributed by atoms with van der Waals surface area (Å²) in [4.78, 5) is 9.97. The third-order valence-corrected chi connectivity index (χ3v) is 7.72. The van der Waals surface area contributed by atoms with E-state index in [1.165, 1.54) is 37.3 Å². The van der Waals surface area contributed by atoms with Gasteiger partial charge in [0.1, 0.15) is 0 Å². The van der Waals surface area contributed by atoms with E-state index >= 15 is 0 Å². The Balaban J connectivity index is 1.97. The van der Waals surface area contributed by atoms with E-state index in [0.717, 1.165) is 11.6 Å². The topological polar surface area (TPSA) is 135 Å². The van der Waals surface area contributed by atoms with Crippen LogP contribution in [0.15, 0.2) is 70.5 Å². The molecule has 0 aromatic heterocycles. The van der Waals surface area contributed by atoms with Gasteiger partial charge < -0.3 is 0 Å². The maximum absolute atomic E-state index is 12.9. The molecule has 0 fully saturated rings. The molecule has 11 heteroatoms. The van der Waals surface area contributed by atoms with E-state index in [1.54, 1.807) is 25.1 Å². The van der Waals surface area contributed by atoms with Crippen molar-refractivity contribution >= 4 is 37.1 Å². The lowest BCUT2D eigenvalue weighted by molar-refractivity contribution is -0.385. The monoisotopic (exact) mass is 475 g/mol. The summed E-state index contributed by atoms with van der Waals surface area (Å²) in [5, 5.41) is 11.0. The van der Waals surface area contributed by atoms with Crippen LogP contribution < -0.4 is 9.44 Å². The third kappa shape index (κ3) is 5.06. The van der Waals surface area contributed by atoms with Crippen molar-refractivity contribution in [2.45, 2.75) is 30.6 Å². The molecular weight excluding hydrogens is 454 g/mol. The number of hydrogen-bond donors (Lipinski definition) is 2. The van der Waals surface area contributed by atoms with Crippen LogP contribution in [-0.2, 0) is 20.0 Å². The minimum atomic E-state index is -4.21. The van der Waals surface area contributed by atoms with Crippen LogP contribution in [0.5, 0.6) is 0 Å². The van der Waals surface area contributed by atoms with Crippen LogP contribution in [0.3, 0.4) is 0 Å². The Morgan fingerprint density at radius 2 is 1.25 bits per heavy atom. The average molecular weight is 476 g/mol. The Kier molecular flexibility index (Phi) is 6.24. The van der Waals surface area contributed by atoms with Crippen LogP contribution >= 0.6 is 0 Å². The number of non-ortho nitro benzene ring substituents is 1. The number of nitro groups is 1. The first kappa shape index (κ1) is 23.2. The molecule has 9 nitrogen and oxygen atoms in total. The Labute approximate surface area is 186 Å². The van der Waals surface area contributed by atoms with Gasteiger partial charge in [-0.15, -0.1) is 0 Å². The fourth-order valence-electron chi connectivity index (χ4n) is 3.07. The van der Waals surface area contributed by atoms with E-state index < -0.39 is 25.0 Å². The summed E-state index contributed by atoms with van der Waals surface area (Å²) < 4.78 is 56.4. The summed E-state index contributed by atoms with van der Waals surface area (Å²) in [5.74, 6) is 0. The summed E-state index contributed by atoms with van der Waals surface area (Å²) in [6.45, 7) is 4.93. The molecule has 0 atom stereocenters. The van der Waals surface area contributed by atoms with Crippen molar-refractivity contribution in [1.29, 1.82) is 0 Å². The SMILES string of the molecule is Cc1cccc(NS(=O)(=O)c2cc(NS(=O)(=O)c3cc([N+](=O)[O-])ccc3C)ccc2C)c1. The number of hydrogen-bond acceptors (Lipinski definition) is 6. The third-order valence-electron chi connectivity index (χ3n) is 4.67. The Hall–Kier alpha value is -3.44. The number of anilines is 2. The molecule has 0 saturated heterocycles. The maximum Gasteiger partial charge on any atom is 0.270 e. The molecule has 0 saturated carbocycles. The van der Waals surface area contributed by atoms with Gasteiger partial charge in [0.05, 0.1) is 20.4 Å². The van der Waals surface area contributed by atoms with Crippen molar-refractivity contribution in [3.63, 3.8) is 0 Å². The lowest BCUT2D eigenvalue weighted by atomic mass is 10.2. The van der Waals surface area contributed by atoms with Crippen LogP contribution in [0.1, 0.15) is 16.7 Å². The molecule has 0 unspecified atom stereocenters. The average Bonchev–Trinajstić information content (AvgIpc) is 2.68. The largest absolute Gasteiger partial charge is 0.280 e. The van der Waals surface area contributed by atoms with Crippen molar-refractivity contribution in [2.75, 3.05) is 9.44 Å². The van der Waals surface area contributed by atoms with Crippen LogP contribution in [0.4, 0.5) is 17.1 Å². The molecule has 0 aliphatic rings. The van der Waals surface area contributed by atoms with E-state index in [9.17, 15) is 26.9 Å². The number of aryl methyl sites for hydroxylation is 3. The van der Waals surface area contributed by atoms with Gasteiger partial charge in [0.25, 0.3) is 25.7 Å². The normalized spacial score (nSPS) is 11.7. The number of sulfonamides is 2.